The lowest BCUT2D eigenvalue weighted by Gasteiger charge is -2.19. The fourth-order valence-electron chi connectivity index (χ4n) is 1.35. The third kappa shape index (κ3) is 21.5. The standard InChI is InChI=1S/C14H25NO2.C2H6.CH4S/c1-6-8-12(9-7-2)10-11-15-13(16)17-14(3,4)5;2*1-2/h6,8-9H,7,10-11H2,1-5H3,(H,15,16);1-2H3;2H,1H3/b8-6-,12-9+;;. The molecule has 0 saturated heterocycles. The number of nitrogens with one attached hydrogen (secondary N) is 1. The van der Waals surface area contributed by atoms with E-state index in [-0.39, 0.29) is 6.09 Å². The van der Waals surface area contributed by atoms with Crippen LogP contribution in [-0.2, 0) is 4.74 Å². The molecule has 0 aromatic carbocycles. The Balaban J connectivity index is -0.000000739. The molecule has 1 amide bonds. The van der Waals surface area contributed by atoms with Crippen molar-refractivity contribution in [3.8, 4) is 0 Å². The first-order valence-electron chi connectivity index (χ1n) is 7.62. The second kappa shape index (κ2) is 17.2. The van der Waals surface area contributed by atoms with Gasteiger partial charge in [-0.2, -0.15) is 12.6 Å². The molecule has 0 aliphatic carbocycles. The van der Waals surface area contributed by atoms with Crippen LogP contribution in [0.1, 0.15) is 61.3 Å². The molecule has 3 nitrogen and oxygen atoms in total. The summed E-state index contributed by atoms with van der Waals surface area (Å²) in [5.41, 5.74) is 0.807. The highest BCUT2D eigenvalue weighted by Crippen LogP contribution is 2.07. The molecule has 0 spiro atoms. The first-order valence-corrected chi connectivity index (χ1v) is 8.51. The van der Waals surface area contributed by atoms with Crippen LogP contribution in [0.4, 0.5) is 4.79 Å². The Morgan fingerprint density at radius 1 is 1.24 bits per heavy atom. The predicted molar refractivity (Wildman–Crippen MR) is 98.3 cm³/mol. The van der Waals surface area contributed by atoms with Crippen molar-refractivity contribution in [1.82, 2.24) is 5.32 Å². The smallest absolute Gasteiger partial charge is 0.407 e. The summed E-state index contributed by atoms with van der Waals surface area (Å²) in [5, 5.41) is 2.75. The zero-order valence-electron chi connectivity index (χ0n) is 15.1. The number of hydrogen-bond acceptors (Lipinski definition) is 3. The predicted octanol–water partition coefficient (Wildman–Crippen LogP) is 5.39. The lowest BCUT2D eigenvalue weighted by atomic mass is 10.1. The van der Waals surface area contributed by atoms with Crippen LogP contribution in [0.25, 0.3) is 0 Å². The highest BCUT2D eigenvalue weighted by atomic mass is 32.1. The van der Waals surface area contributed by atoms with Crippen LogP contribution in [0.5, 0.6) is 0 Å². The molecule has 21 heavy (non-hydrogen) atoms. The summed E-state index contributed by atoms with van der Waals surface area (Å²) >= 11 is 3.53. The van der Waals surface area contributed by atoms with E-state index < -0.39 is 5.60 Å². The zero-order chi connectivity index (χ0) is 17.3. The van der Waals surface area contributed by atoms with E-state index in [0.29, 0.717) is 6.54 Å². The fraction of sp³-hybridized carbons (Fsp3) is 0.706. The maximum atomic E-state index is 11.4. The van der Waals surface area contributed by atoms with Gasteiger partial charge in [-0.1, -0.05) is 44.6 Å². The van der Waals surface area contributed by atoms with Crippen molar-refractivity contribution in [1.29, 1.82) is 0 Å². The van der Waals surface area contributed by atoms with E-state index in [1.807, 2.05) is 47.6 Å². The van der Waals surface area contributed by atoms with Crippen molar-refractivity contribution < 1.29 is 9.53 Å². The lowest BCUT2D eigenvalue weighted by molar-refractivity contribution is 0.0528. The third-order valence-corrected chi connectivity index (χ3v) is 1.93. The minimum absolute atomic E-state index is 0.353. The number of rotatable bonds is 5. The van der Waals surface area contributed by atoms with Gasteiger partial charge in [0.2, 0.25) is 0 Å². The van der Waals surface area contributed by atoms with Crippen LogP contribution in [-0.4, -0.2) is 24.5 Å². The maximum Gasteiger partial charge on any atom is 0.407 e. The summed E-state index contributed by atoms with van der Waals surface area (Å²) in [6.07, 6.45) is 9.42. The van der Waals surface area contributed by atoms with Crippen LogP contribution in [0.2, 0.25) is 0 Å². The van der Waals surface area contributed by atoms with Crippen LogP contribution < -0.4 is 5.32 Å². The van der Waals surface area contributed by atoms with Crippen molar-refractivity contribution >= 4 is 18.7 Å². The number of alkyl carbamates (subject to hydrolysis) is 1. The van der Waals surface area contributed by atoms with E-state index in [2.05, 4.69) is 37.0 Å². The van der Waals surface area contributed by atoms with E-state index in [1.165, 1.54) is 5.57 Å². The number of ether oxygens (including phenoxy) is 1. The molecule has 0 fully saturated rings. The van der Waals surface area contributed by atoms with Gasteiger partial charge in [0.1, 0.15) is 5.60 Å². The fourth-order valence-corrected chi connectivity index (χ4v) is 1.35. The number of amides is 1. The topological polar surface area (TPSA) is 38.3 Å². The van der Waals surface area contributed by atoms with Gasteiger partial charge in [0.25, 0.3) is 0 Å². The minimum Gasteiger partial charge on any atom is -0.444 e. The molecule has 0 atom stereocenters. The maximum absolute atomic E-state index is 11.4. The van der Waals surface area contributed by atoms with Gasteiger partial charge >= 0.3 is 6.09 Å². The molecule has 0 aromatic heterocycles. The Bertz CT molecular complexity index is 292. The average Bonchev–Trinajstić information content (AvgIpc) is 2.42. The molecule has 0 radical (unpaired) electrons. The largest absolute Gasteiger partial charge is 0.444 e. The van der Waals surface area contributed by atoms with Crippen molar-refractivity contribution in [2.24, 2.45) is 0 Å². The lowest BCUT2D eigenvalue weighted by Crippen LogP contribution is -2.33. The van der Waals surface area contributed by atoms with Crippen LogP contribution in [0, 0.1) is 0 Å². The molecule has 1 N–H and O–H groups in total. The number of hydrogen-bond donors (Lipinski definition) is 2. The molecule has 0 rings (SSSR count). The normalized spacial score (nSPS) is 11.0. The third-order valence-electron chi connectivity index (χ3n) is 1.93. The van der Waals surface area contributed by atoms with Gasteiger partial charge < -0.3 is 10.1 Å². The van der Waals surface area contributed by atoms with E-state index in [0.717, 1.165) is 12.8 Å². The molecule has 0 saturated carbocycles. The Kier molecular flexibility index (Phi) is 20.5. The first-order chi connectivity index (χ1) is 9.89. The van der Waals surface area contributed by atoms with Crippen LogP contribution in [0.3, 0.4) is 0 Å². The van der Waals surface area contributed by atoms with Crippen molar-refractivity contribution in [3.63, 3.8) is 0 Å². The Morgan fingerprint density at radius 2 is 1.76 bits per heavy atom. The van der Waals surface area contributed by atoms with Crippen molar-refractivity contribution in [2.45, 2.75) is 66.9 Å². The van der Waals surface area contributed by atoms with Gasteiger partial charge in [0.05, 0.1) is 0 Å². The quantitative estimate of drug-likeness (QED) is 0.527. The van der Waals surface area contributed by atoms with Gasteiger partial charge in [-0.25, -0.2) is 4.79 Å². The molecular weight excluding hydrogens is 282 g/mol. The Morgan fingerprint density at radius 3 is 2.14 bits per heavy atom. The molecule has 4 heteroatoms. The molecule has 0 aromatic rings. The summed E-state index contributed by atoms with van der Waals surface area (Å²) in [6, 6.07) is 0. The first kappa shape index (κ1) is 25.1. The second-order valence-electron chi connectivity index (χ2n) is 4.87. The van der Waals surface area contributed by atoms with E-state index in [4.69, 9.17) is 4.74 Å². The summed E-state index contributed by atoms with van der Waals surface area (Å²) < 4.78 is 5.15. The second-order valence-corrected chi connectivity index (χ2v) is 4.87. The molecular formula is C17H35NO2S. The van der Waals surface area contributed by atoms with Crippen LogP contribution >= 0.6 is 12.6 Å². The number of allylic oxidation sites excluding steroid dienone is 3. The molecule has 126 valence electrons. The van der Waals surface area contributed by atoms with Gasteiger partial charge in [0, 0.05) is 6.54 Å². The number of carbonyl (C=O) groups is 1. The van der Waals surface area contributed by atoms with E-state index in [1.54, 1.807) is 6.26 Å². The Hall–Kier alpha value is -0.900. The molecule has 0 aliphatic rings. The monoisotopic (exact) mass is 317 g/mol. The highest BCUT2D eigenvalue weighted by molar-refractivity contribution is 7.79. The minimum atomic E-state index is -0.435. The van der Waals surface area contributed by atoms with E-state index in [9.17, 15) is 4.79 Å². The zero-order valence-corrected chi connectivity index (χ0v) is 16.0. The molecule has 0 unspecified atom stereocenters. The summed E-state index contributed by atoms with van der Waals surface area (Å²) in [7, 11) is 0. The highest BCUT2D eigenvalue weighted by Gasteiger charge is 2.15. The SMILES string of the molecule is C/C=C\C(=C/CC)CCNC(=O)OC(C)(C)C.CC.CS. The summed E-state index contributed by atoms with van der Waals surface area (Å²) in [5.74, 6) is 0. The Labute approximate surface area is 137 Å². The van der Waals surface area contributed by atoms with Crippen molar-refractivity contribution in [3.05, 3.63) is 23.8 Å². The molecule has 0 heterocycles. The number of carbonyl (C=O) groups excluding carboxylic acids is 1. The van der Waals surface area contributed by atoms with Gasteiger partial charge in [0.15, 0.2) is 0 Å². The van der Waals surface area contributed by atoms with Gasteiger partial charge in [-0.15, -0.1) is 0 Å². The molecule has 0 aliphatic heterocycles. The van der Waals surface area contributed by atoms with Crippen molar-refractivity contribution in [2.75, 3.05) is 12.8 Å². The summed E-state index contributed by atoms with van der Waals surface area (Å²) in [6.45, 7) is 14.3. The van der Waals surface area contributed by atoms with Crippen LogP contribution in [0.15, 0.2) is 23.8 Å². The number of thiol groups is 1. The average molecular weight is 318 g/mol. The molecule has 0 bridgehead atoms. The van der Waals surface area contributed by atoms with Gasteiger partial charge in [-0.3, -0.25) is 0 Å². The van der Waals surface area contributed by atoms with Gasteiger partial charge in [-0.05, 0) is 46.8 Å². The van der Waals surface area contributed by atoms with E-state index >= 15 is 0 Å². The summed E-state index contributed by atoms with van der Waals surface area (Å²) in [4.78, 5) is 11.4.